The van der Waals surface area contributed by atoms with Crippen molar-refractivity contribution in [1.29, 1.82) is 0 Å². The van der Waals surface area contributed by atoms with E-state index in [-0.39, 0.29) is 23.5 Å². The summed E-state index contributed by atoms with van der Waals surface area (Å²) < 4.78 is 28.2. The average molecular weight is 1090 g/mol. The molecule has 15 aromatic rings. The van der Waals surface area contributed by atoms with Gasteiger partial charge in [0.25, 0.3) is 0 Å². The Balaban J connectivity index is 0.000000140. The van der Waals surface area contributed by atoms with E-state index >= 15 is 0 Å². The molecule has 0 aliphatic carbocycles. The number of thiophene rings is 2. The van der Waals surface area contributed by atoms with Gasteiger partial charge in [-0.3, -0.25) is 0 Å². The van der Waals surface area contributed by atoms with Gasteiger partial charge in [-0.2, -0.15) is 0 Å². The molecular formula is C71H61ClN2O3S2. The summed E-state index contributed by atoms with van der Waals surface area (Å²) in [4.78, 5) is 9.62. The lowest BCUT2D eigenvalue weighted by Gasteiger charge is -2.19. The van der Waals surface area contributed by atoms with Crippen molar-refractivity contribution in [3.05, 3.63) is 179 Å². The Hall–Kier alpha value is -7.68. The first kappa shape index (κ1) is 49.6. The SMILES string of the molecule is COc1ccc(Cl)c2c1c1cc(C(C)(C)C)ccc1n2-c1ccc2cc3sc4ccc(C)cc4c3cc2c1.COc1ccc2c3cc4cc5sc6ccc(C)cc6c5cc4cc3n3c4ccc(C(C)(C)C)cc4c1c23.[2H]CC(C)=O. The van der Waals surface area contributed by atoms with E-state index in [1.54, 1.807) is 14.2 Å². The second-order valence-corrected chi connectivity index (χ2v) is 26.1. The zero-order valence-corrected chi connectivity index (χ0v) is 48.8. The largest absolute Gasteiger partial charge is 0.496 e. The van der Waals surface area contributed by atoms with E-state index in [1.165, 1.54) is 129 Å². The Kier molecular flexibility index (Phi) is 11.6. The molecule has 0 aliphatic rings. The molecule has 0 fully saturated rings. The highest BCUT2D eigenvalue weighted by atomic mass is 35.5. The first-order valence-corrected chi connectivity index (χ1v) is 28.9. The number of aryl methyl sites for hydroxylation is 2. The summed E-state index contributed by atoms with van der Waals surface area (Å²) in [6, 6.07) is 56.5. The van der Waals surface area contributed by atoms with Gasteiger partial charge in [0.1, 0.15) is 17.3 Å². The molecule has 0 amide bonds. The molecule has 15 rings (SSSR count). The number of methoxy groups -OCH3 is 2. The summed E-state index contributed by atoms with van der Waals surface area (Å²) in [5.74, 6) is 1.69. The Morgan fingerprint density at radius 2 is 0.987 bits per heavy atom. The normalized spacial score (nSPS) is 12.6. The first-order valence-electron chi connectivity index (χ1n) is 27.6. The minimum Gasteiger partial charge on any atom is -0.496 e. The number of Topliss-reactive ketones (excluding diaryl/α,β-unsaturated/α-hetero) is 1. The zero-order valence-electron chi connectivity index (χ0n) is 47.5. The van der Waals surface area contributed by atoms with Crippen molar-refractivity contribution in [3.8, 4) is 17.2 Å². The van der Waals surface area contributed by atoms with Crippen LogP contribution in [0.15, 0.2) is 152 Å². The number of ether oxygens (including phenoxy) is 2. The van der Waals surface area contributed by atoms with E-state index in [2.05, 4.69) is 204 Å². The number of ketones is 1. The van der Waals surface area contributed by atoms with Crippen LogP contribution < -0.4 is 9.47 Å². The lowest BCUT2D eigenvalue weighted by atomic mass is 9.86. The molecule has 10 aromatic carbocycles. The smallest absolute Gasteiger partial charge is 0.128 e. The third-order valence-corrected chi connectivity index (χ3v) is 18.5. The third-order valence-electron chi connectivity index (χ3n) is 15.9. The van der Waals surface area contributed by atoms with Crippen molar-refractivity contribution in [1.82, 2.24) is 8.97 Å². The highest BCUT2D eigenvalue weighted by Gasteiger charge is 2.25. The highest BCUT2D eigenvalue weighted by Crippen LogP contribution is 2.48. The second-order valence-electron chi connectivity index (χ2n) is 23.5. The number of benzene rings is 10. The van der Waals surface area contributed by atoms with Gasteiger partial charge >= 0.3 is 0 Å². The number of carbonyl (C=O) groups is 1. The molecule has 0 atom stereocenters. The van der Waals surface area contributed by atoms with E-state index < -0.39 is 0 Å². The Morgan fingerprint density at radius 3 is 1.57 bits per heavy atom. The summed E-state index contributed by atoms with van der Waals surface area (Å²) in [5.41, 5.74) is 12.3. The number of aromatic nitrogens is 2. The van der Waals surface area contributed by atoms with Gasteiger partial charge in [0, 0.05) is 68.9 Å². The lowest BCUT2D eigenvalue weighted by molar-refractivity contribution is -0.115. The van der Waals surface area contributed by atoms with Gasteiger partial charge in [0.2, 0.25) is 0 Å². The molecule has 0 spiro atoms. The van der Waals surface area contributed by atoms with Crippen molar-refractivity contribution in [2.45, 2.75) is 80.0 Å². The van der Waals surface area contributed by atoms with Crippen LogP contribution in [0.1, 0.15) is 79.0 Å². The fourth-order valence-corrected chi connectivity index (χ4v) is 14.5. The van der Waals surface area contributed by atoms with Gasteiger partial charge < -0.3 is 23.2 Å². The van der Waals surface area contributed by atoms with Crippen LogP contribution in [0, 0.1) is 13.8 Å². The molecule has 0 bridgehead atoms. The van der Waals surface area contributed by atoms with Crippen LogP contribution in [0.3, 0.4) is 0 Å². The van der Waals surface area contributed by atoms with Gasteiger partial charge in [-0.05, 0) is 193 Å². The van der Waals surface area contributed by atoms with E-state index in [4.69, 9.17) is 22.4 Å². The van der Waals surface area contributed by atoms with Crippen molar-refractivity contribution >= 4 is 162 Å². The van der Waals surface area contributed by atoms with Crippen LogP contribution >= 0.6 is 34.3 Å². The molecule has 0 saturated heterocycles. The number of fused-ring (bicyclic) bond motifs is 17. The van der Waals surface area contributed by atoms with Gasteiger partial charge in [0.15, 0.2) is 0 Å². The molecule has 5 nitrogen and oxygen atoms in total. The predicted molar refractivity (Wildman–Crippen MR) is 344 cm³/mol. The fourth-order valence-electron chi connectivity index (χ4n) is 12.0. The highest BCUT2D eigenvalue weighted by molar-refractivity contribution is 7.26. The quantitative estimate of drug-likeness (QED) is 0.177. The van der Waals surface area contributed by atoms with Gasteiger partial charge in [-0.25, -0.2) is 0 Å². The molecule has 5 heterocycles. The molecule has 392 valence electrons. The molecule has 0 aliphatic heterocycles. The molecule has 0 radical (unpaired) electrons. The number of nitrogens with zero attached hydrogens (tertiary/aromatic N) is 2. The van der Waals surface area contributed by atoms with Crippen LogP contribution in [0.25, 0.3) is 127 Å². The number of rotatable bonds is 3. The van der Waals surface area contributed by atoms with E-state index in [9.17, 15) is 4.79 Å². The third kappa shape index (κ3) is 8.26. The number of hydrogen-bond acceptors (Lipinski definition) is 5. The monoisotopic (exact) mass is 1090 g/mol. The van der Waals surface area contributed by atoms with Gasteiger partial charge in [0.05, 0.1) is 57.6 Å². The van der Waals surface area contributed by atoms with Crippen molar-refractivity contribution in [2.24, 2.45) is 0 Å². The minimum atomic E-state index is -0.0833. The Labute approximate surface area is 473 Å². The average Bonchev–Trinajstić information content (AvgIpc) is 4.44. The second kappa shape index (κ2) is 18.5. The van der Waals surface area contributed by atoms with Crippen molar-refractivity contribution in [2.75, 3.05) is 14.2 Å². The summed E-state index contributed by atoms with van der Waals surface area (Å²) in [6.07, 6.45) is 0. The van der Waals surface area contributed by atoms with Crippen LogP contribution in [-0.4, -0.2) is 29.0 Å². The van der Waals surface area contributed by atoms with E-state index in [1.807, 2.05) is 34.8 Å². The summed E-state index contributed by atoms with van der Waals surface area (Å²) >= 11 is 10.7. The maximum atomic E-state index is 9.62. The maximum Gasteiger partial charge on any atom is 0.128 e. The maximum absolute atomic E-state index is 9.62. The first-order chi connectivity index (χ1) is 38.3. The molecule has 0 unspecified atom stereocenters. The standard InChI is InChI=1S/C34H28ClNOS.C34H27NOS.C3H6O/c1-19-6-13-30-24(14-19)25-16-21-15-23(9-7-20(21)17-31(25)38-30)36-28-11-8-22(34(2,3)4)18-26(28)32-29(37-5)12-10-27(35)33(32)36;1-18-6-11-30-24(12-18)25-14-19-15-28-23(13-20(19)16-31(25)37-30)22-8-10-29(36-5)32-26-17-21(34(2,3)4)7-9-27(26)35(28)33(22)32;1-3(2)4/h6-18H,1-5H3;6-17H,1-5H3;1-2H3/i;;1D. The van der Waals surface area contributed by atoms with Gasteiger partial charge in [-0.15, -0.1) is 22.7 Å². The van der Waals surface area contributed by atoms with Gasteiger partial charge in [-0.1, -0.05) is 94.6 Å². The van der Waals surface area contributed by atoms with Crippen LogP contribution in [0.2, 0.25) is 5.02 Å². The summed E-state index contributed by atoms with van der Waals surface area (Å²) in [7, 11) is 3.51. The number of halogens is 1. The van der Waals surface area contributed by atoms with Crippen LogP contribution in [0.5, 0.6) is 11.5 Å². The molecule has 8 heteroatoms. The van der Waals surface area contributed by atoms with Crippen LogP contribution in [-0.2, 0) is 15.6 Å². The molecule has 79 heavy (non-hydrogen) atoms. The summed E-state index contributed by atoms with van der Waals surface area (Å²) in [6.45, 7) is 19.2. The topological polar surface area (TPSA) is 44.9 Å². The number of hydrogen-bond donors (Lipinski definition) is 0. The zero-order chi connectivity index (χ0) is 55.8. The summed E-state index contributed by atoms with van der Waals surface area (Å²) in [5, 5.41) is 18.4. The van der Waals surface area contributed by atoms with E-state index in [0.717, 1.165) is 39.0 Å². The van der Waals surface area contributed by atoms with Crippen molar-refractivity contribution in [3.63, 3.8) is 0 Å². The Morgan fingerprint density at radius 1 is 0.481 bits per heavy atom. The molecular weight excluding hydrogens is 1030 g/mol. The number of carbonyl (C=O) groups excluding carboxylic acids is 1. The van der Waals surface area contributed by atoms with E-state index in [0.29, 0.717) is 5.02 Å². The molecule has 0 saturated carbocycles. The molecule has 0 N–H and O–H groups in total. The minimum absolute atomic E-state index is 0.0322. The predicted octanol–water partition coefficient (Wildman–Crippen LogP) is 21.1. The fraction of sp³-hybridized carbons (Fsp3) is 0.197. The van der Waals surface area contributed by atoms with Crippen molar-refractivity contribution < 1.29 is 15.6 Å². The lowest BCUT2D eigenvalue weighted by Crippen LogP contribution is -2.10. The van der Waals surface area contributed by atoms with Crippen LogP contribution in [0.4, 0.5) is 0 Å². The molecule has 5 aromatic heterocycles. The Bertz CT molecular complexity index is 5060.